The van der Waals surface area contributed by atoms with E-state index in [9.17, 15) is 13.6 Å². The summed E-state index contributed by atoms with van der Waals surface area (Å²) in [6.07, 6.45) is 0. The van der Waals surface area contributed by atoms with Gasteiger partial charge in [0.25, 0.3) is 0 Å². The lowest BCUT2D eigenvalue weighted by Crippen LogP contribution is -2.23. The van der Waals surface area contributed by atoms with Gasteiger partial charge in [0, 0.05) is 11.8 Å². The third kappa shape index (κ3) is 4.77. The number of thioether (sulfide) groups is 1. The van der Waals surface area contributed by atoms with Gasteiger partial charge in [-0.2, -0.15) is 0 Å². The van der Waals surface area contributed by atoms with E-state index in [1.807, 2.05) is 30.3 Å². The zero-order valence-electron chi connectivity index (χ0n) is 13.6. The number of hydrogen-bond acceptors (Lipinski definition) is 6. The summed E-state index contributed by atoms with van der Waals surface area (Å²) in [6, 6.07) is 12.4. The van der Waals surface area contributed by atoms with Crippen molar-refractivity contribution in [1.29, 1.82) is 0 Å². The SMILES string of the molecule is C[C@H](Sc1nnc(Nc2ccccc2)s1)C(=O)Nc1cc(F)ccc1F. The third-order valence-electron chi connectivity index (χ3n) is 3.26. The Morgan fingerprint density at radius 2 is 1.92 bits per heavy atom. The van der Waals surface area contributed by atoms with E-state index < -0.39 is 22.8 Å². The number of nitrogens with one attached hydrogen (secondary N) is 2. The van der Waals surface area contributed by atoms with Crippen LogP contribution in [0.3, 0.4) is 0 Å². The first-order valence-corrected chi connectivity index (χ1v) is 9.29. The molecule has 2 aromatic carbocycles. The molecule has 1 atom stereocenters. The minimum absolute atomic E-state index is 0.189. The van der Waals surface area contributed by atoms with Gasteiger partial charge >= 0.3 is 0 Å². The number of aromatic nitrogens is 2. The maximum absolute atomic E-state index is 13.6. The van der Waals surface area contributed by atoms with Crippen molar-refractivity contribution in [2.45, 2.75) is 16.5 Å². The van der Waals surface area contributed by atoms with Crippen LogP contribution in [0, 0.1) is 11.6 Å². The van der Waals surface area contributed by atoms with Crippen molar-refractivity contribution in [2.24, 2.45) is 0 Å². The molecule has 0 fully saturated rings. The van der Waals surface area contributed by atoms with Crippen molar-refractivity contribution in [3.8, 4) is 0 Å². The van der Waals surface area contributed by atoms with Crippen LogP contribution in [-0.4, -0.2) is 21.4 Å². The highest BCUT2D eigenvalue weighted by molar-refractivity contribution is 8.02. The number of carbonyl (C=O) groups is 1. The molecule has 1 aromatic heterocycles. The van der Waals surface area contributed by atoms with Crippen molar-refractivity contribution in [3.05, 3.63) is 60.2 Å². The van der Waals surface area contributed by atoms with Crippen molar-refractivity contribution < 1.29 is 13.6 Å². The van der Waals surface area contributed by atoms with Gasteiger partial charge in [0.1, 0.15) is 11.6 Å². The number of nitrogens with zero attached hydrogens (tertiary/aromatic N) is 2. The summed E-state index contributed by atoms with van der Waals surface area (Å²) < 4.78 is 27.4. The molecule has 1 heterocycles. The minimum atomic E-state index is -0.692. The largest absolute Gasteiger partial charge is 0.330 e. The summed E-state index contributed by atoms with van der Waals surface area (Å²) in [7, 11) is 0. The monoisotopic (exact) mass is 392 g/mol. The van der Waals surface area contributed by atoms with E-state index in [4.69, 9.17) is 0 Å². The normalized spacial score (nSPS) is 11.8. The molecule has 2 N–H and O–H groups in total. The summed E-state index contributed by atoms with van der Waals surface area (Å²) in [5.74, 6) is -1.77. The van der Waals surface area contributed by atoms with E-state index in [1.165, 1.54) is 23.1 Å². The molecule has 0 aliphatic carbocycles. The Morgan fingerprint density at radius 3 is 2.69 bits per heavy atom. The predicted molar refractivity (Wildman–Crippen MR) is 99.9 cm³/mol. The third-order valence-corrected chi connectivity index (χ3v) is 5.29. The van der Waals surface area contributed by atoms with E-state index in [0.29, 0.717) is 9.47 Å². The van der Waals surface area contributed by atoms with Crippen LogP contribution in [0.1, 0.15) is 6.92 Å². The van der Waals surface area contributed by atoms with Crippen molar-refractivity contribution >= 4 is 45.5 Å². The molecule has 134 valence electrons. The molecule has 1 amide bonds. The standard InChI is InChI=1S/C17H14F2N4OS2/c1-10(15(24)21-14-9-11(18)7-8-13(14)19)25-17-23-22-16(26-17)20-12-5-3-2-4-6-12/h2-10H,1H3,(H,20,22)(H,21,24)/t10-/m0/s1. The number of hydrogen-bond donors (Lipinski definition) is 2. The number of rotatable bonds is 6. The van der Waals surface area contributed by atoms with Crippen molar-refractivity contribution in [3.63, 3.8) is 0 Å². The van der Waals surface area contributed by atoms with Crippen LogP contribution in [-0.2, 0) is 4.79 Å². The van der Waals surface area contributed by atoms with E-state index in [1.54, 1.807) is 6.92 Å². The summed E-state index contributed by atoms with van der Waals surface area (Å²) in [5.41, 5.74) is 0.693. The lowest BCUT2D eigenvalue weighted by Gasteiger charge is -2.10. The maximum atomic E-state index is 13.6. The molecule has 3 rings (SSSR count). The Labute approximate surface area is 156 Å². The summed E-state index contributed by atoms with van der Waals surface area (Å²) in [5, 5.41) is 13.6. The number of carbonyl (C=O) groups excluding carboxylic acids is 1. The predicted octanol–water partition coefficient (Wildman–Crippen LogP) is 4.68. The summed E-state index contributed by atoms with van der Waals surface area (Å²) in [6.45, 7) is 1.66. The van der Waals surface area contributed by atoms with Crippen molar-refractivity contribution in [2.75, 3.05) is 10.6 Å². The number of anilines is 3. The minimum Gasteiger partial charge on any atom is -0.330 e. The second-order valence-corrected chi connectivity index (χ2v) is 7.80. The van der Waals surface area contributed by atoms with Gasteiger partial charge < -0.3 is 10.6 Å². The van der Waals surface area contributed by atoms with Crippen LogP contribution in [0.4, 0.5) is 25.3 Å². The molecule has 5 nitrogen and oxygen atoms in total. The topological polar surface area (TPSA) is 66.9 Å². The van der Waals surface area contributed by atoms with Gasteiger partial charge in [-0.05, 0) is 31.2 Å². The Balaban J connectivity index is 1.60. The summed E-state index contributed by atoms with van der Waals surface area (Å²) in [4.78, 5) is 12.2. The lowest BCUT2D eigenvalue weighted by atomic mass is 10.3. The first-order valence-electron chi connectivity index (χ1n) is 7.59. The van der Waals surface area contributed by atoms with Crippen molar-refractivity contribution in [1.82, 2.24) is 10.2 Å². The van der Waals surface area contributed by atoms with Crippen LogP contribution in [0.5, 0.6) is 0 Å². The second kappa shape index (κ2) is 8.24. The van der Waals surface area contributed by atoms with Gasteiger partial charge in [-0.25, -0.2) is 8.78 Å². The van der Waals surface area contributed by atoms with Crippen LogP contribution >= 0.6 is 23.1 Å². The Kier molecular flexibility index (Phi) is 5.79. The van der Waals surface area contributed by atoms with E-state index in [0.717, 1.165) is 23.9 Å². The smallest absolute Gasteiger partial charge is 0.237 e. The highest BCUT2D eigenvalue weighted by atomic mass is 32.2. The van der Waals surface area contributed by atoms with E-state index in [-0.39, 0.29) is 5.69 Å². The van der Waals surface area contributed by atoms with E-state index >= 15 is 0 Å². The fourth-order valence-corrected chi connectivity index (χ4v) is 3.90. The van der Waals surface area contributed by atoms with Crippen LogP contribution in [0.25, 0.3) is 0 Å². The molecule has 0 aliphatic heterocycles. The highest BCUT2D eigenvalue weighted by Gasteiger charge is 2.19. The Hall–Kier alpha value is -2.52. The molecule has 0 saturated carbocycles. The lowest BCUT2D eigenvalue weighted by molar-refractivity contribution is -0.115. The fourth-order valence-electron chi connectivity index (χ4n) is 1.99. The maximum Gasteiger partial charge on any atom is 0.237 e. The quantitative estimate of drug-likeness (QED) is 0.596. The molecule has 0 radical (unpaired) electrons. The average molecular weight is 392 g/mol. The fraction of sp³-hybridized carbons (Fsp3) is 0.118. The molecule has 0 spiro atoms. The molecule has 9 heteroatoms. The first kappa shape index (κ1) is 18.3. The van der Waals surface area contributed by atoms with Crippen LogP contribution < -0.4 is 10.6 Å². The molecular weight excluding hydrogens is 378 g/mol. The Bertz CT molecular complexity index is 905. The molecule has 0 saturated heterocycles. The number of halogens is 2. The van der Waals surface area contributed by atoms with Gasteiger partial charge in [0.15, 0.2) is 4.34 Å². The van der Waals surface area contributed by atoms with Crippen LogP contribution in [0.15, 0.2) is 52.9 Å². The average Bonchev–Trinajstić information content (AvgIpc) is 3.05. The van der Waals surface area contributed by atoms with Crippen LogP contribution in [0.2, 0.25) is 0 Å². The zero-order valence-corrected chi connectivity index (χ0v) is 15.2. The van der Waals surface area contributed by atoms with Gasteiger partial charge in [-0.3, -0.25) is 4.79 Å². The molecule has 0 unspecified atom stereocenters. The second-order valence-electron chi connectivity index (χ2n) is 5.24. The number of amides is 1. The number of para-hydroxylation sites is 1. The molecular formula is C17H14F2N4OS2. The molecule has 26 heavy (non-hydrogen) atoms. The number of benzene rings is 2. The van der Waals surface area contributed by atoms with Gasteiger partial charge in [-0.1, -0.05) is 41.3 Å². The molecule has 3 aromatic rings. The molecule has 0 aliphatic rings. The Morgan fingerprint density at radius 1 is 1.15 bits per heavy atom. The van der Waals surface area contributed by atoms with Gasteiger partial charge in [-0.15, -0.1) is 10.2 Å². The van der Waals surface area contributed by atoms with Gasteiger partial charge in [0.05, 0.1) is 10.9 Å². The van der Waals surface area contributed by atoms with E-state index in [2.05, 4.69) is 20.8 Å². The highest BCUT2D eigenvalue weighted by Crippen LogP contribution is 2.31. The zero-order chi connectivity index (χ0) is 18.5. The van der Waals surface area contributed by atoms with Gasteiger partial charge in [0.2, 0.25) is 11.0 Å². The summed E-state index contributed by atoms with van der Waals surface area (Å²) >= 11 is 2.49. The first-order chi connectivity index (χ1) is 12.5. The molecule has 0 bridgehead atoms.